The Kier molecular flexibility index (Phi) is 5.70. The number of carbonyl (C=O) groups is 2. The lowest BCUT2D eigenvalue weighted by atomic mass is 10.0. The van der Waals surface area contributed by atoms with E-state index in [0.717, 1.165) is 5.56 Å². The molecule has 1 unspecified atom stereocenters. The van der Waals surface area contributed by atoms with Gasteiger partial charge in [-0.05, 0) is 24.1 Å². The summed E-state index contributed by atoms with van der Waals surface area (Å²) in [6, 6.07) is 7.82. The summed E-state index contributed by atoms with van der Waals surface area (Å²) < 4.78 is 4.61. The second-order valence-electron chi connectivity index (χ2n) is 3.71. The molecule has 0 heterocycles. The van der Waals surface area contributed by atoms with E-state index in [2.05, 4.69) is 9.91 Å². The standard InChI is InChI=1S/C13H15NO4/c1-2-18-13(16)12(14-17)11(15)9-8-10-6-4-3-5-7-10/h3-7,12H,2,8-9H2,1H3. The summed E-state index contributed by atoms with van der Waals surface area (Å²) in [6.45, 7) is 1.73. The Hall–Kier alpha value is -2.04. The molecule has 1 rings (SSSR count). The van der Waals surface area contributed by atoms with Crippen molar-refractivity contribution < 1.29 is 14.3 Å². The van der Waals surface area contributed by atoms with Crippen LogP contribution >= 0.6 is 0 Å². The van der Waals surface area contributed by atoms with Crippen LogP contribution in [0.25, 0.3) is 0 Å². The van der Waals surface area contributed by atoms with Crippen LogP contribution in [0.3, 0.4) is 0 Å². The second-order valence-corrected chi connectivity index (χ2v) is 3.71. The van der Waals surface area contributed by atoms with E-state index in [0.29, 0.717) is 6.42 Å². The largest absolute Gasteiger partial charge is 0.464 e. The molecule has 1 aromatic rings. The van der Waals surface area contributed by atoms with E-state index in [1.54, 1.807) is 6.92 Å². The molecule has 0 aliphatic carbocycles. The average molecular weight is 249 g/mol. The quantitative estimate of drug-likeness (QED) is 0.420. The van der Waals surface area contributed by atoms with Crippen molar-refractivity contribution in [2.24, 2.45) is 5.18 Å². The maximum Gasteiger partial charge on any atom is 0.342 e. The van der Waals surface area contributed by atoms with Crippen molar-refractivity contribution in [1.82, 2.24) is 0 Å². The fourth-order valence-electron chi connectivity index (χ4n) is 1.50. The molecule has 18 heavy (non-hydrogen) atoms. The lowest BCUT2D eigenvalue weighted by Gasteiger charge is -2.07. The zero-order chi connectivity index (χ0) is 13.4. The van der Waals surface area contributed by atoms with Crippen LogP contribution in [0.15, 0.2) is 35.5 Å². The molecule has 5 nitrogen and oxygen atoms in total. The molecule has 0 saturated heterocycles. The molecule has 5 heteroatoms. The van der Waals surface area contributed by atoms with Crippen LogP contribution in [0.1, 0.15) is 18.9 Å². The number of hydrogen-bond acceptors (Lipinski definition) is 5. The van der Waals surface area contributed by atoms with Gasteiger partial charge in [0.05, 0.1) is 6.61 Å². The highest BCUT2D eigenvalue weighted by Gasteiger charge is 2.28. The Morgan fingerprint density at radius 2 is 1.94 bits per heavy atom. The summed E-state index contributed by atoms with van der Waals surface area (Å²) >= 11 is 0. The van der Waals surface area contributed by atoms with Gasteiger partial charge in [-0.2, -0.15) is 0 Å². The zero-order valence-corrected chi connectivity index (χ0v) is 10.2. The van der Waals surface area contributed by atoms with Gasteiger partial charge in [-0.15, -0.1) is 4.91 Å². The van der Waals surface area contributed by atoms with Gasteiger partial charge < -0.3 is 4.74 Å². The third kappa shape index (κ3) is 4.08. The summed E-state index contributed by atoms with van der Waals surface area (Å²) in [4.78, 5) is 33.5. The third-order valence-electron chi connectivity index (χ3n) is 2.42. The average Bonchev–Trinajstić information content (AvgIpc) is 2.39. The van der Waals surface area contributed by atoms with Crippen molar-refractivity contribution in [3.8, 4) is 0 Å². The first-order chi connectivity index (χ1) is 8.69. The SMILES string of the molecule is CCOC(=O)C(N=O)C(=O)CCc1ccccc1. The third-order valence-corrected chi connectivity index (χ3v) is 2.42. The van der Waals surface area contributed by atoms with Crippen molar-refractivity contribution in [2.75, 3.05) is 6.61 Å². The Morgan fingerprint density at radius 1 is 1.28 bits per heavy atom. The molecule has 1 atom stereocenters. The van der Waals surface area contributed by atoms with Gasteiger partial charge in [0.25, 0.3) is 0 Å². The monoisotopic (exact) mass is 249 g/mol. The Bertz CT molecular complexity index is 416. The number of carbonyl (C=O) groups excluding carboxylic acids is 2. The number of ketones is 1. The van der Waals surface area contributed by atoms with E-state index in [9.17, 15) is 14.5 Å². The topological polar surface area (TPSA) is 72.8 Å². The van der Waals surface area contributed by atoms with Crippen LogP contribution in [-0.4, -0.2) is 24.4 Å². The molecule has 0 bridgehead atoms. The predicted octanol–water partition coefficient (Wildman–Crippen LogP) is 1.89. The van der Waals surface area contributed by atoms with Crippen LogP contribution in [0.2, 0.25) is 0 Å². The van der Waals surface area contributed by atoms with Crippen LogP contribution in [0.4, 0.5) is 0 Å². The number of nitroso groups, excluding NO2 is 1. The molecule has 0 fully saturated rings. The summed E-state index contributed by atoms with van der Waals surface area (Å²) in [5, 5.41) is 2.54. The molecule has 0 radical (unpaired) electrons. The molecule has 0 aliphatic rings. The fraction of sp³-hybridized carbons (Fsp3) is 0.385. The number of ether oxygens (including phenoxy) is 1. The number of benzene rings is 1. The minimum absolute atomic E-state index is 0.0965. The van der Waals surface area contributed by atoms with E-state index < -0.39 is 17.8 Å². The highest BCUT2D eigenvalue weighted by molar-refractivity contribution is 6.03. The molecular formula is C13H15NO4. The summed E-state index contributed by atoms with van der Waals surface area (Å²) in [6.07, 6.45) is 0.574. The van der Waals surface area contributed by atoms with Crippen LogP contribution < -0.4 is 0 Å². The van der Waals surface area contributed by atoms with Gasteiger partial charge in [-0.25, -0.2) is 4.79 Å². The molecule has 0 N–H and O–H groups in total. The number of aryl methyl sites for hydroxylation is 1. The molecule has 0 aliphatic heterocycles. The minimum atomic E-state index is -1.53. The van der Waals surface area contributed by atoms with Gasteiger partial charge in [0.2, 0.25) is 6.04 Å². The van der Waals surface area contributed by atoms with Crippen molar-refractivity contribution >= 4 is 11.8 Å². The molecular weight excluding hydrogens is 234 g/mol. The van der Waals surface area contributed by atoms with Crippen LogP contribution in [0, 0.1) is 4.91 Å². The molecule has 0 spiro atoms. The summed E-state index contributed by atoms with van der Waals surface area (Å²) in [5.41, 5.74) is 0.972. The summed E-state index contributed by atoms with van der Waals surface area (Å²) in [5.74, 6) is -1.38. The summed E-state index contributed by atoms with van der Waals surface area (Å²) in [7, 11) is 0. The van der Waals surface area contributed by atoms with Gasteiger partial charge in [0.1, 0.15) is 0 Å². The number of Topliss-reactive ketones (excluding diaryl/α,β-unsaturated/α-hetero) is 1. The molecule has 96 valence electrons. The normalized spacial score (nSPS) is 11.6. The Balaban J connectivity index is 2.53. The van der Waals surface area contributed by atoms with Crippen LogP contribution in [0.5, 0.6) is 0 Å². The first-order valence-corrected chi connectivity index (χ1v) is 5.74. The molecule has 0 saturated carbocycles. The number of esters is 1. The predicted molar refractivity (Wildman–Crippen MR) is 66.0 cm³/mol. The van der Waals surface area contributed by atoms with Crippen molar-refractivity contribution in [3.05, 3.63) is 40.8 Å². The Labute approximate surface area is 105 Å². The highest BCUT2D eigenvalue weighted by Crippen LogP contribution is 2.07. The van der Waals surface area contributed by atoms with Crippen molar-refractivity contribution in [1.29, 1.82) is 0 Å². The van der Waals surface area contributed by atoms with Gasteiger partial charge in [0.15, 0.2) is 5.78 Å². The lowest BCUT2D eigenvalue weighted by Crippen LogP contribution is -2.30. The van der Waals surface area contributed by atoms with Gasteiger partial charge in [0, 0.05) is 6.42 Å². The van der Waals surface area contributed by atoms with Gasteiger partial charge >= 0.3 is 5.97 Å². The maximum absolute atomic E-state index is 11.7. The lowest BCUT2D eigenvalue weighted by molar-refractivity contribution is -0.147. The second kappa shape index (κ2) is 7.32. The Morgan fingerprint density at radius 3 is 2.50 bits per heavy atom. The zero-order valence-electron chi connectivity index (χ0n) is 10.2. The highest BCUT2D eigenvalue weighted by atomic mass is 16.5. The first kappa shape index (κ1) is 14.0. The molecule has 0 amide bonds. The van der Waals surface area contributed by atoms with E-state index >= 15 is 0 Å². The fourth-order valence-corrected chi connectivity index (χ4v) is 1.50. The minimum Gasteiger partial charge on any atom is -0.464 e. The molecule has 0 aromatic heterocycles. The first-order valence-electron chi connectivity index (χ1n) is 5.74. The molecule has 1 aromatic carbocycles. The van der Waals surface area contributed by atoms with Crippen molar-refractivity contribution in [3.63, 3.8) is 0 Å². The van der Waals surface area contributed by atoms with E-state index in [1.165, 1.54) is 0 Å². The van der Waals surface area contributed by atoms with Gasteiger partial charge in [-0.3, -0.25) is 4.79 Å². The number of nitrogens with zero attached hydrogens (tertiary/aromatic N) is 1. The van der Waals surface area contributed by atoms with Crippen LogP contribution in [-0.2, 0) is 20.7 Å². The van der Waals surface area contributed by atoms with Gasteiger partial charge in [-0.1, -0.05) is 30.3 Å². The number of rotatable bonds is 7. The van der Waals surface area contributed by atoms with Crippen molar-refractivity contribution in [2.45, 2.75) is 25.8 Å². The van der Waals surface area contributed by atoms with E-state index in [4.69, 9.17) is 0 Å². The van der Waals surface area contributed by atoms with E-state index in [-0.39, 0.29) is 13.0 Å². The maximum atomic E-state index is 11.7. The number of hydrogen-bond donors (Lipinski definition) is 0. The van der Waals surface area contributed by atoms with E-state index in [1.807, 2.05) is 30.3 Å². The smallest absolute Gasteiger partial charge is 0.342 e.